The molecule has 3 heteroatoms. The topological polar surface area (TPSA) is 55.1 Å². The first-order valence-corrected chi connectivity index (χ1v) is 5.10. The number of hydrogen-bond acceptors (Lipinski definition) is 2. The first kappa shape index (κ1) is 11.1. The maximum atomic E-state index is 11.5. The van der Waals surface area contributed by atoms with Crippen LogP contribution in [0.5, 0.6) is 0 Å². The van der Waals surface area contributed by atoms with Crippen molar-refractivity contribution in [3.63, 3.8) is 0 Å². The molecule has 0 aliphatic heterocycles. The Balaban J connectivity index is 2.37. The molecule has 3 nitrogen and oxygen atoms in total. The van der Waals surface area contributed by atoms with Crippen molar-refractivity contribution in [1.82, 2.24) is 5.32 Å². The summed E-state index contributed by atoms with van der Waals surface area (Å²) in [5, 5.41) is 2.73. The van der Waals surface area contributed by atoms with E-state index < -0.39 is 0 Å². The van der Waals surface area contributed by atoms with E-state index >= 15 is 0 Å². The molecule has 78 valence electrons. The lowest BCUT2D eigenvalue weighted by Gasteiger charge is -2.23. The maximum Gasteiger partial charge on any atom is 0.222 e. The number of hydrogen-bond donors (Lipinski definition) is 2. The van der Waals surface area contributed by atoms with Gasteiger partial charge in [0.2, 0.25) is 5.91 Å². The van der Waals surface area contributed by atoms with Gasteiger partial charge in [0.15, 0.2) is 0 Å². The van der Waals surface area contributed by atoms with E-state index in [1.807, 2.05) is 0 Å². The molecule has 0 heterocycles. The molecule has 0 aromatic heterocycles. The highest BCUT2D eigenvalue weighted by molar-refractivity contribution is 5.77. The fourth-order valence-electron chi connectivity index (χ4n) is 1.91. The van der Waals surface area contributed by atoms with Crippen LogP contribution >= 0.6 is 0 Å². The van der Waals surface area contributed by atoms with Crippen LogP contribution in [-0.2, 0) is 4.79 Å². The van der Waals surface area contributed by atoms with Gasteiger partial charge in [0.25, 0.3) is 0 Å². The molecule has 0 spiro atoms. The van der Waals surface area contributed by atoms with Gasteiger partial charge in [-0.1, -0.05) is 18.8 Å². The molecule has 1 amide bonds. The van der Waals surface area contributed by atoms with E-state index in [0.717, 1.165) is 25.7 Å². The zero-order valence-corrected chi connectivity index (χ0v) is 8.68. The number of carbonyl (C=O) groups is 1. The molecule has 1 unspecified atom stereocenters. The predicted octanol–water partition coefficient (Wildman–Crippen LogP) is 0.786. The van der Waals surface area contributed by atoms with Gasteiger partial charge >= 0.3 is 0 Å². The molecule has 0 aromatic rings. The summed E-state index contributed by atoms with van der Waals surface area (Å²) in [6.45, 7) is 1.79. The van der Waals surface area contributed by atoms with Crippen molar-refractivity contribution in [2.24, 2.45) is 5.73 Å². The fourth-order valence-corrected chi connectivity index (χ4v) is 1.91. The highest BCUT2D eigenvalue weighted by atomic mass is 16.1. The Morgan fingerprint density at radius 3 is 2.71 bits per heavy atom. The van der Waals surface area contributed by atoms with Crippen molar-refractivity contribution in [3.8, 4) is 12.3 Å². The van der Waals surface area contributed by atoms with Crippen LogP contribution < -0.4 is 11.1 Å². The Bertz CT molecular complexity index is 249. The molecule has 1 rings (SSSR count). The molecule has 1 fully saturated rings. The third-order valence-corrected chi connectivity index (χ3v) is 2.74. The van der Waals surface area contributed by atoms with Crippen molar-refractivity contribution < 1.29 is 4.79 Å². The van der Waals surface area contributed by atoms with Gasteiger partial charge in [0.1, 0.15) is 0 Å². The average Bonchev–Trinajstić information content (AvgIpc) is 2.51. The van der Waals surface area contributed by atoms with Gasteiger partial charge in [-0.05, 0) is 19.8 Å². The van der Waals surface area contributed by atoms with Crippen LogP contribution in [0.25, 0.3) is 0 Å². The summed E-state index contributed by atoms with van der Waals surface area (Å²) >= 11 is 0. The monoisotopic (exact) mass is 194 g/mol. The second-order valence-electron chi connectivity index (χ2n) is 4.20. The third-order valence-electron chi connectivity index (χ3n) is 2.74. The van der Waals surface area contributed by atoms with Crippen LogP contribution in [0.1, 0.15) is 39.0 Å². The van der Waals surface area contributed by atoms with Crippen LogP contribution in [0, 0.1) is 12.3 Å². The SMILES string of the molecule is C#CC(C)NC(=O)CC1(N)CCCC1. The number of amides is 1. The number of carbonyl (C=O) groups excluding carboxylic acids is 1. The molecule has 0 bridgehead atoms. The molecule has 0 aromatic carbocycles. The average molecular weight is 194 g/mol. The lowest BCUT2D eigenvalue weighted by atomic mass is 9.94. The molecule has 0 saturated heterocycles. The normalized spacial score (nSPS) is 21.2. The highest BCUT2D eigenvalue weighted by Gasteiger charge is 2.31. The zero-order chi connectivity index (χ0) is 10.6. The van der Waals surface area contributed by atoms with Crippen LogP contribution in [0.2, 0.25) is 0 Å². The lowest BCUT2D eigenvalue weighted by Crippen LogP contribution is -2.43. The van der Waals surface area contributed by atoms with Crippen molar-refractivity contribution in [2.45, 2.75) is 50.6 Å². The molecule has 1 saturated carbocycles. The molecular formula is C11H18N2O. The first-order valence-electron chi connectivity index (χ1n) is 5.10. The molecule has 1 aliphatic rings. The van der Waals surface area contributed by atoms with Crippen LogP contribution in [-0.4, -0.2) is 17.5 Å². The van der Waals surface area contributed by atoms with E-state index in [1.165, 1.54) is 0 Å². The third kappa shape index (κ3) is 3.04. The fraction of sp³-hybridized carbons (Fsp3) is 0.727. The summed E-state index contributed by atoms with van der Waals surface area (Å²) in [7, 11) is 0. The van der Waals surface area contributed by atoms with E-state index in [0.29, 0.717) is 6.42 Å². The van der Waals surface area contributed by atoms with Crippen molar-refractivity contribution in [3.05, 3.63) is 0 Å². The van der Waals surface area contributed by atoms with Crippen molar-refractivity contribution >= 4 is 5.91 Å². The maximum absolute atomic E-state index is 11.5. The quantitative estimate of drug-likeness (QED) is 0.652. The molecular weight excluding hydrogens is 176 g/mol. The van der Waals surface area contributed by atoms with Gasteiger partial charge in [-0.15, -0.1) is 6.42 Å². The van der Waals surface area contributed by atoms with E-state index in [9.17, 15) is 4.79 Å². The van der Waals surface area contributed by atoms with E-state index in [2.05, 4.69) is 11.2 Å². The standard InChI is InChI=1S/C11H18N2O/c1-3-9(2)13-10(14)8-11(12)6-4-5-7-11/h1,9H,4-8,12H2,2H3,(H,13,14). The lowest BCUT2D eigenvalue weighted by molar-refractivity contribution is -0.122. The summed E-state index contributed by atoms with van der Waals surface area (Å²) < 4.78 is 0. The first-order chi connectivity index (χ1) is 6.56. The van der Waals surface area contributed by atoms with E-state index in [4.69, 9.17) is 12.2 Å². The molecule has 14 heavy (non-hydrogen) atoms. The van der Waals surface area contributed by atoms with Crippen LogP contribution in [0.3, 0.4) is 0 Å². The van der Waals surface area contributed by atoms with Gasteiger partial charge in [0, 0.05) is 12.0 Å². The molecule has 3 N–H and O–H groups in total. The summed E-state index contributed by atoms with van der Waals surface area (Å²) in [5.74, 6) is 2.43. The van der Waals surface area contributed by atoms with Crippen molar-refractivity contribution in [2.75, 3.05) is 0 Å². The molecule has 0 radical (unpaired) electrons. The second-order valence-corrected chi connectivity index (χ2v) is 4.20. The van der Waals surface area contributed by atoms with Gasteiger partial charge in [-0.25, -0.2) is 0 Å². The summed E-state index contributed by atoms with van der Waals surface area (Å²) in [6, 6.07) is -0.201. The van der Waals surface area contributed by atoms with E-state index in [-0.39, 0.29) is 17.5 Å². The summed E-state index contributed by atoms with van der Waals surface area (Å²) in [5.41, 5.74) is 5.79. The van der Waals surface area contributed by atoms with Crippen LogP contribution in [0.4, 0.5) is 0 Å². The molecule has 1 atom stereocenters. The number of rotatable bonds is 3. The van der Waals surface area contributed by atoms with Gasteiger partial charge in [-0.2, -0.15) is 0 Å². The summed E-state index contributed by atoms with van der Waals surface area (Å²) in [6.07, 6.45) is 9.73. The summed E-state index contributed by atoms with van der Waals surface area (Å²) in [4.78, 5) is 11.5. The Hall–Kier alpha value is -1.01. The number of terminal acetylenes is 1. The largest absolute Gasteiger partial charge is 0.343 e. The Morgan fingerprint density at radius 1 is 1.64 bits per heavy atom. The smallest absolute Gasteiger partial charge is 0.222 e. The number of nitrogens with one attached hydrogen (secondary N) is 1. The molecule has 1 aliphatic carbocycles. The van der Waals surface area contributed by atoms with Crippen molar-refractivity contribution in [1.29, 1.82) is 0 Å². The minimum Gasteiger partial charge on any atom is -0.343 e. The van der Waals surface area contributed by atoms with E-state index in [1.54, 1.807) is 6.92 Å². The predicted molar refractivity (Wildman–Crippen MR) is 56.4 cm³/mol. The minimum atomic E-state index is -0.279. The highest BCUT2D eigenvalue weighted by Crippen LogP contribution is 2.29. The van der Waals surface area contributed by atoms with Gasteiger partial charge < -0.3 is 11.1 Å². The Morgan fingerprint density at radius 2 is 2.21 bits per heavy atom. The Labute approximate surface area is 85.4 Å². The second kappa shape index (κ2) is 4.47. The van der Waals surface area contributed by atoms with Gasteiger partial charge in [0.05, 0.1) is 6.04 Å². The van der Waals surface area contributed by atoms with Crippen LogP contribution in [0.15, 0.2) is 0 Å². The Kier molecular flexibility index (Phi) is 3.54. The van der Waals surface area contributed by atoms with Gasteiger partial charge in [-0.3, -0.25) is 4.79 Å². The minimum absolute atomic E-state index is 0.0279. The zero-order valence-electron chi connectivity index (χ0n) is 8.68. The number of nitrogens with two attached hydrogens (primary N) is 1.